The molecule has 21 heavy (non-hydrogen) atoms. The Labute approximate surface area is 133 Å². The van der Waals surface area contributed by atoms with Crippen LogP contribution in [0.3, 0.4) is 0 Å². The number of ether oxygens (including phenoxy) is 1. The van der Waals surface area contributed by atoms with Gasteiger partial charge in [0, 0.05) is 16.2 Å². The second-order valence-corrected chi connectivity index (χ2v) is 8.91. The quantitative estimate of drug-likeness (QED) is 0.707. The zero-order valence-electron chi connectivity index (χ0n) is 13.4. The van der Waals surface area contributed by atoms with Gasteiger partial charge in [0.2, 0.25) is 0 Å². The summed E-state index contributed by atoms with van der Waals surface area (Å²) in [6.07, 6.45) is 2.13. The Morgan fingerprint density at radius 1 is 1.19 bits per heavy atom. The van der Waals surface area contributed by atoms with E-state index in [0.717, 1.165) is 24.2 Å². The molecule has 0 aromatic heterocycles. The van der Waals surface area contributed by atoms with Crippen molar-refractivity contribution < 1.29 is 13.2 Å². The van der Waals surface area contributed by atoms with Crippen LogP contribution in [0.2, 0.25) is 0 Å². The number of rotatable bonds is 6. The van der Waals surface area contributed by atoms with Crippen LogP contribution >= 0.6 is 10.7 Å². The molecule has 0 atom stereocenters. The highest BCUT2D eigenvalue weighted by atomic mass is 35.7. The summed E-state index contributed by atoms with van der Waals surface area (Å²) in [6.45, 7) is 11.0. The summed E-state index contributed by atoms with van der Waals surface area (Å²) in [4.78, 5) is 0.115. The molecule has 3 nitrogen and oxygen atoms in total. The van der Waals surface area contributed by atoms with E-state index in [-0.39, 0.29) is 10.3 Å². The summed E-state index contributed by atoms with van der Waals surface area (Å²) in [5.41, 5.74) is 0.635. The molecule has 0 amide bonds. The lowest BCUT2D eigenvalue weighted by atomic mass is 9.86. The largest absolute Gasteiger partial charge is 0.493 e. The summed E-state index contributed by atoms with van der Waals surface area (Å²) in [5, 5.41) is 0. The molecule has 0 bridgehead atoms. The lowest BCUT2D eigenvalue weighted by Gasteiger charge is -2.24. The van der Waals surface area contributed by atoms with Crippen LogP contribution in [0.15, 0.2) is 23.1 Å². The van der Waals surface area contributed by atoms with Crippen LogP contribution in [-0.4, -0.2) is 15.0 Å². The Hall–Kier alpha value is -0.740. The zero-order valence-corrected chi connectivity index (χ0v) is 15.0. The molecule has 0 spiro atoms. The maximum absolute atomic E-state index is 11.5. The Morgan fingerprint density at radius 2 is 1.76 bits per heavy atom. The fraction of sp³-hybridized carbons (Fsp3) is 0.625. The van der Waals surface area contributed by atoms with Gasteiger partial charge in [-0.2, -0.15) is 0 Å². The van der Waals surface area contributed by atoms with Crippen molar-refractivity contribution in [2.24, 2.45) is 5.92 Å². The lowest BCUT2D eigenvalue weighted by Crippen LogP contribution is -2.17. The molecular formula is C16H25ClO3S. The predicted octanol–water partition coefficient (Wildman–Crippen LogP) is 4.73. The molecule has 0 heterocycles. The van der Waals surface area contributed by atoms with Gasteiger partial charge in [-0.1, -0.05) is 47.5 Å². The van der Waals surface area contributed by atoms with Crippen LogP contribution in [0, 0.1) is 5.92 Å². The molecule has 0 saturated carbocycles. The molecular weight excluding hydrogens is 308 g/mol. The molecule has 1 aromatic carbocycles. The third-order valence-electron chi connectivity index (χ3n) is 3.67. The average molecular weight is 333 g/mol. The van der Waals surface area contributed by atoms with Gasteiger partial charge in [0.05, 0.1) is 11.5 Å². The Balaban J connectivity index is 3.15. The van der Waals surface area contributed by atoms with Gasteiger partial charge in [-0.05, 0) is 29.5 Å². The SMILES string of the molecule is CCC(CC)COc1ccc(S(=O)(=O)Cl)cc1C(C)(C)C. The zero-order chi connectivity index (χ0) is 16.3. The maximum atomic E-state index is 11.5. The van der Waals surface area contributed by atoms with Gasteiger partial charge >= 0.3 is 0 Å². The second-order valence-electron chi connectivity index (χ2n) is 6.34. The molecule has 0 aliphatic rings. The van der Waals surface area contributed by atoms with Gasteiger partial charge in [0.1, 0.15) is 5.75 Å². The molecule has 0 fully saturated rings. The minimum atomic E-state index is -3.73. The topological polar surface area (TPSA) is 43.4 Å². The second kappa shape index (κ2) is 7.01. The van der Waals surface area contributed by atoms with E-state index >= 15 is 0 Å². The summed E-state index contributed by atoms with van der Waals surface area (Å²) in [5.74, 6) is 1.24. The van der Waals surface area contributed by atoms with Gasteiger partial charge < -0.3 is 4.74 Å². The summed E-state index contributed by atoms with van der Waals surface area (Å²) < 4.78 is 29.0. The first-order valence-electron chi connectivity index (χ1n) is 7.31. The fourth-order valence-electron chi connectivity index (χ4n) is 2.10. The third-order valence-corrected chi connectivity index (χ3v) is 5.02. The summed E-state index contributed by atoms with van der Waals surface area (Å²) >= 11 is 0. The van der Waals surface area contributed by atoms with E-state index in [1.54, 1.807) is 12.1 Å². The van der Waals surface area contributed by atoms with E-state index in [9.17, 15) is 8.42 Å². The van der Waals surface area contributed by atoms with Crippen molar-refractivity contribution in [3.63, 3.8) is 0 Å². The van der Waals surface area contributed by atoms with Gasteiger partial charge in [0.15, 0.2) is 0 Å². The van der Waals surface area contributed by atoms with E-state index < -0.39 is 9.05 Å². The van der Waals surface area contributed by atoms with Crippen molar-refractivity contribution in [1.82, 2.24) is 0 Å². The summed E-state index contributed by atoms with van der Waals surface area (Å²) in [6, 6.07) is 4.82. The minimum absolute atomic E-state index is 0.115. The van der Waals surface area contributed by atoms with Crippen molar-refractivity contribution >= 4 is 19.7 Å². The van der Waals surface area contributed by atoms with Gasteiger partial charge in [-0.3, -0.25) is 0 Å². The molecule has 0 aliphatic carbocycles. The van der Waals surface area contributed by atoms with Crippen molar-refractivity contribution in [3.05, 3.63) is 23.8 Å². The van der Waals surface area contributed by atoms with E-state index in [1.807, 2.05) is 20.8 Å². The van der Waals surface area contributed by atoms with Crippen LogP contribution in [0.25, 0.3) is 0 Å². The highest BCUT2D eigenvalue weighted by Gasteiger charge is 2.23. The molecule has 1 aromatic rings. The molecule has 0 radical (unpaired) electrons. The van der Waals surface area contributed by atoms with Gasteiger partial charge in [-0.15, -0.1) is 0 Å². The number of halogens is 1. The van der Waals surface area contributed by atoms with E-state index in [4.69, 9.17) is 15.4 Å². The Morgan fingerprint density at radius 3 is 2.19 bits per heavy atom. The van der Waals surface area contributed by atoms with Crippen LogP contribution < -0.4 is 4.74 Å². The highest BCUT2D eigenvalue weighted by molar-refractivity contribution is 8.13. The molecule has 0 unspecified atom stereocenters. The first-order chi connectivity index (χ1) is 9.59. The van der Waals surface area contributed by atoms with Gasteiger partial charge in [-0.25, -0.2) is 8.42 Å². The number of hydrogen-bond acceptors (Lipinski definition) is 3. The first-order valence-corrected chi connectivity index (χ1v) is 9.62. The maximum Gasteiger partial charge on any atom is 0.261 e. The van der Waals surface area contributed by atoms with E-state index in [2.05, 4.69) is 13.8 Å². The van der Waals surface area contributed by atoms with Crippen LogP contribution in [0.1, 0.15) is 53.0 Å². The van der Waals surface area contributed by atoms with Crippen LogP contribution in [-0.2, 0) is 14.5 Å². The molecule has 1 rings (SSSR count). The monoisotopic (exact) mass is 332 g/mol. The fourth-order valence-corrected chi connectivity index (χ4v) is 2.88. The van der Waals surface area contributed by atoms with Crippen molar-refractivity contribution in [3.8, 4) is 5.75 Å². The Bertz CT molecular complexity index is 570. The summed E-state index contributed by atoms with van der Waals surface area (Å²) in [7, 11) is 1.71. The van der Waals surface area contributed by atoms with Gasteiger partial charge in [0.25, 0.3) is 9.05 Å². The standard InChI is InChI=1S/C16H25ClO3S/c1-6-12(7-2)11-20-15-9-8-13(21(17,18)19)10-14(15)16(3,4)5/h8-10,12H,6-7,11H2,1-5H3. The minimum Gasteiger partial charge on any atom is -0.493 e. The van der Waals surface area contributed by atoms with Crippen LogP contribution in [0.5, 0.6) is 5.75 Å². The van der Waals surface area contributed by atoms with E-state index in [0.29, 0.717) is 12.5 Å². The Kier molecular flexibility index (Phi) is 6.11. The van der Waals surface area contributed by atoms with Crippen LogP contribution in [0.4, 0.5) is 0 Å². The smallest absolute Gasteiger partial charge is 0.261 e. The molecule has 0 N–H and O–H groups in total. The van der Waals surface area contributed by atoms with E-state index in [1.165, 1.54) is 6.07 Å². The predicted molar refractivity (Wildman–Crippen MR) is 87.7 cm³/mol. The molecule has 5 heteroatoms. The normalized spacial score (nSPS) is 12.7. The molecule has 0 aliphatic heterocycles. The average Bonchev–Trinajstić information content (AvgIpc) is 2.37. The number of hydrogen-bond donors (Lipinski definition) is 0. The third kappa shape index (κ3) is 5.19. The van der Waals surface area contributed by atoms with Crippen molar-refractivity contribution in [1.29, 1.82) is 0 Å². The first kappa shape index (κ1) is 18.3. The molecule has 0 saturated heterocycles. The molecule has 120 valence electrons. The van der Waals surface area contributed by atoms with Crippen molar-refractivity contribution in [2.45, 2.75) is 57.8 Å². The number of benzene rings is 1. The lowest BCUT2D eigenvalue weighted by molar-refractivity contribution is 0.236. The van der Waals surface area contributed by atoms with Crippen molar-refractivity contribution in [2.75, 3.05) is 6.61 Å². The highest BCUT2D eigenvalue weighted by Crippen LogP contribution is 2.34.